The lowest BCUT2D eigenvalue weighted by molar-refractivity contribution is -0.189. The van der Waals surface area contributed by atoms with E-state index in [1.165, 1.54) is 0 Å². The van der Waals surface area contributed by atoms with Crippen molar-refractivity contribution >= 4 is 11.8 Å². The summed E-state index contributed by atoms with van der Waals surface area (Å²) < 4.78 is 22.9. The SMILES string of the molecule is O=C(C1CC1C(=O)N1CCC2(CC1)OCCO2)N1CCC2(CC1)OCCO2. The van der Waals surface area contributed by atoms with Gasteiger partial charge in [0, 0.05) is 51.9 Å². The van der Waals surface area contributed by atoms with E-state index in [2.05, 4.69) is 0 Å². The van der Waals surface area contributed by atoms with E-state index in [4.69, 9.17) is 18.9 Å². The molecule has 4 saturated heterocycles. The van der Waals surface area contributed by atoms with Crippen molar-refractivity contribution in [1.29, 1.82) is 0 Å². The average Bonchev–Trinajstić information content (AvgIpc) is 3.17. The van der Waals surface area contributed by atoms with Crippen LogP contribution in [0.1, 0.15) is 32.1 Å². The van der Waals surface area contributed by atoms with Crippen molar-refractivity contribution in [2.75, 3.05) is 52.6 Å². The molecule has 0 N–H and O–H groups in total. The third-order valence-corrected chi connectivity index (χ3v) is 6.73. The molecule has 5 rings (SSSR count). The molecule has 1 saturated carbocycles. The van der Waals surface area contributed by atoms with Crippen molar-refractivity contribution in [2.45, 2.75) is 43.7 Å². The van der Waals surface area contributed by atoms with Gasteiger partial charge in [-0.15, -0.1) is 0 Å². The van der Waals surface area contributed by atoms with Crippen molar-refractivity contribution in [2.24, 2.45) is 11.8 Å². The molecule has 1 aliphatic carbocycles. The fraction of sp³-hybridized carbons (Fsp3) is 0.895. The van der Waals surface area contributed by atoms with Crippen LogP contribution in [0.25, 0.3) is 0 Å². The summed E-state index contributed by atoms with van der Waals surface area (Å²) in [4.78, 5) is 29.4. The number of carbonyl (C=O) groups excluding carboxylic acids is 2. The van der Waals surface area contributed by atoms with E-state index < -0.39 is 11.6 Å². The van der Waals surface area contributed by atoms with Gasteiger partial charge in [0.05, 0.1) is 38.3 Å². The average molecular weight is 380 g/mol. The number of likely N-dealkylation sites (tertiary alicyclic amines) is 2. The molecule has 2 atom stereocenters. The molecule has 0 aromatic rings. The molecule has 4 aliphatic heterocycles. The van der Waals surface area contributed by atoms with Crippen LogP contribution in [0.5, 0.6) is 0 Å². The highest BCUT2D eigenvalue weighted by atomic mass is 16.7. The van der Waals surface area contributed by atoms with E-state index in [9.17, 15) is 9.59 Å². The summed E-state index contributed by atoms with van der Waals surface area (Å²) in [7, 11) is 0. The highest BCUT2D eigenvalue weighted by molar-refractivity contribution is 5.92. The second-order valence-corrected chi connectivity index (χ2v) is 8.31. The van der Waals surface area contributed by atoms with Gasteiger partial charge in [-0.2, -0.15) is 0 Å². The van der Waals surface area contributed by atoms with E-state index in [1.54, 1.807) is 0 Å². The van der Waals surface area contributed by atoms with Crippen LogP contribution in [-0.4, -0.2) is 85.8 Å². The fourth-order valence-electron chi connectivity index (χ4n) is 4.92. The third-order valence-electron chi connectivity index (χ3n) is 6.73. The monoisotopic (exact) mass is 380 g/mol. The van der Waals surface area contributed by atoms with Crippen LogP contribution in [0.3, 0.4) is 0 Å². The van der Waals surface area contributed by atoms with E-state index in [0.29, 0.717) is 59.0 Å². The van der Waals surface area contributed by atoms with Crippen molar-refractivity contribution < 1.29 is 28.5 Å². The van der Waals surface area contributed by atoms with Crippen molar-refractivity contribution in [1.82, 2.24) is 9.80 Å². The molecule has 150 valence electrons. The standard InChI is InChI=1S/C19H28N2O6/c22-16(20-5-1-18(2-6-20)24-9-10-25-18)14-13-15(14)17(23)21-7-3-19(4-8-21)26-11-12-27-19/h14-15H,1-13H2. The molecule has 0 aromatic heterocycles. The lowest BCUT2D eigenvalue weighted by Crippen LogP contribution is -2.49. The highest BCUT2D eigenvalue weighted by Crippen LogP contribution is 2.43. The van der Waals surface area contributed by atoms with Gasteiger partial charge < -0.3 is 28.7 Å². The van der Waals surface area contributed by atoms with Crippen LogP contribution in [0, 0.1) is 11.8 Å². The van der Waals surface area contributed by atoms with Crippen molar-refractivity contribution in [3.05, 3.63) is 0 Å². The predicted molar refractivity (Wildman–Crippen MR) is 92.5 cm³/mol. The Labute approximate surface area is 159 Å². The maximum atomic E-state index is 12.8. The summed E-state index contributed by atoms with van der Waals surface area (Å²) >= 11 is 0. The largest absolute Gasteiger partial charge is 0.347 e. The molecular formula is C19H28N2O6. The van der Waals surface area contributed by atoms with Crippen LogP contribution >= 0.6 is 0 Å². The van der Waals surface area contributed by atoms with Crippen LogP contribution in [0.2, 0.25) is 0 Å². The second kappa shape index (κ2) is 6.69. The molecule has 5 fully saturated rings. The molecule has 0 radical (unpaired) electrons. The van der Waals surface area contributed by atoms with Gasteiger partial charge >= 0.3 is 0 Å². The minimum absolute atomic E-state index is 0.122. The zero-order valence-corrected chi connectivity index (χ0v) is 15.7. The summed E-state index contributed by atoms with van der Waals surface area (Å²) in [6.07, 6.45) is 3.56. The zero-order valence-electron chi connectivity index (χ0n) is 15.7. The summed E-state index contributed by atoms with van der Waals surface area (Å²) in [5.74, 6) is -0.985. The molecule has 2 amide bonds. The van der Waals surface area contributed by atoms with Gasteiger partial charge in [0.2, 0.25) is 11.8 Å². The molecule has 8 heteroatoms. The van der Waals surface area contributed by atoms with Gasteiger partial charge in [0.25, 0.3) is 0 Å². The number of rotatable bonds is 2. The van der Waals surface area contributed by atoms with Gasteiger partial charge in [-0.3, -0.25) is 9.59 Å². The first-order valence-corrected chi connectivity index (χ1v) is 10.2. The third kappa shape index (κ3) is 3.26. The maximum Gasteiger partial charge on any atom is 0.226 e. The molecule has 27 heavy (non-hydrogen) atoms. The summed E-state index contributed by atoms with van der Waals surface area (Å²) in [5, 5.41) is 0. The van der Waals surface area contributed by atoms with Gasteiger partial charge in [0.1, 0.15) is 0 Å². The molecular weight excluding hydrogens is 352 g/mol. The lowest BCUT2D eigenvalue weighted by atomic mass is 10.0. The molecule has 2 spiro atoms. The normalized spacial score (nSPS) is 34.4. The molecule has 0 aromatic carbocycles. The lowest BCUT2D eigenvalue weighted by Gasteiger charge is -2.38. The van der Waals surface area contributed by atoms with Gasteiger partial charge in [-0.25, -0.2) is 0 Å². The van der Waals surface area contributed by atoms with Crippen LogP contribution in [-0.2, 0) is 28.5 Å². The number of carbonyl (C=O) groups is 2. The molecule has 8 nitrogen and oxygen atoms in total. The van der Waals surface area contributed by atoms with E-state index in [-0.39, 0.29) is 23.7 Å². The Hall–Kier alpha value is -1.22. The highest BCUT2D eigenvalue weighted by Gasteiger charge is 2.53. The molecule has 5 aliphatic rings. The Morgan fingerprint density at radius 1 is 0.630 bits per heavy atom. The fourth-order valence-corrected chi connectivity index (χ4v) is 4.92. The second-order valence-electron chi connectivity index (χ2n) is 8.31. The number of amides is 2. The Bertz CT molecular complexity index is 541. The van der Waals surface area contributed by atoms with E-state index in [1.807, 2.05) is 9.80 Å². The smallest absolute Gasteiger partial charge is 0.226 e. The first kappa shape index (κ1) is 17.8. The van der Waals surface area contributed by atoms with Crippen molar-refractivity contribution in [3.8, 4) is 0 Å². The first-order chi connectivity index (χ1) is 13.1. The number of nitrogens with zero attached hydrogens (tertiary/aromatic N) is 2. The van der Waals surface area contributed by atoms with Gasteiger partial charge in [0.15, 0.2) is 11.6 Å². The molecule has 0 bridgehead atoms. The summed E-state index contributed by atoms with van der Waals surface area (Å²) in [6, 6.07) is 0. The van der Waals surface area contributed by atoms with E-state index in [0.717, 1.165) is 25.7 Å². The Balaban J connectivity index is 1.11. The maximum absolute atomic E-state index is 12.8. The topological polar surface area (TPSA) is 77.5 Å². The van der Waals surface area contributed by atoms with Gasteiger partial charge in [-0.05, 0) is 6.42 Å². The van der Waals surface area contributed by atoms with Crippen molar-refractivity contribution in [3.63, 3.8) is 0 Å². The van der Waals surface area contributed by atoms with Crippen LogP contribution < -0.4 is 0 Å². The predicted octanol–water partition coefficient (Wildman–Crippen LogP) is 0.354. The number of piperidine rings is 2. The number of hydrogen-bond donors (Lipinski definition) is 0. The Morgan fingerprint density at radius 3 is 1.30 bits per heavy atom. The van der Waals surface area contributed by atoms with Gasteiger partial charge in [-0.1, -0.05) is 0 Å². The Morgan fingerprint density at radius 2 is 0.963 bits per heavy atom. The summed E-state index contributed by atoms with van der Waals surface area (Å²) in [6.45, 7) is 5.16. The quantitative estimate of drug-likeness (QED) is 0.688. The van der Waals surface area contributed by atoms with Crippen LogP contribution in [0.15, 0.2) is 0 Å². The summed E-state index contributed by atoms with van der Waals surface area (Å²) in [5.41, 5.74) is 0. The Kier molecular flexibility index (Phi) is 4.42. The van der Waals surface area contributed by atoms with Crippen LogP contribution in [0.4, 0.5) is 0 Å². The molecule has 4 heterocycles. The molecule has 2 unspecified atom stereocenters. The number of ether oxygens (including phenoxy) is 4. The number of hydrogen-bond acceptors (Lipinski definition) is 6. The van der Waals surface area contributed by atoms with E-state index >= 15 is 0 Å². The minimum atomic E-state index is -0.469. The first-order valence-electron chi connectivity index (χ1n) is 10.2. The zero-order chi connectivity index (χ0) is 18.5. The minimum Gasteiger partial charge on any atom is -0.347 e.